The molecule has 1 N–H and O–H groups in total. The van der Waals surface area contributed by atoms with Crippen molar-refractivity contribution >= 4 is 0 Å². The van der Waals surface area contributed by atoms with E-state index in [0.717, 1.165) is 41.7 Å². The minimum atomic E-state index is 0.591. The first-order valence-corrected chi connectivity index (χ1v) is 7.27. The van der Waals surface area contributed by atoms with E-state index < -0.39 is 0 Å². The third-order valence-electron chi connectivity index (χ3n) is 2.97. The number of likely N-dealkylation sites (N-methyl/N-ethyl adjacent to an activating group) is 1. The average molecular weight is 290 g/mol. The molecule has 1 aromatic carbocycles. The number of nitrogens with one attached hydrogen (secondary N) is 1. The van der Waals surface area contributed by atoms with Gasteiger partial charge in [0.2, 0.25) is 0 Å². The minimum absolute atomic E-state index is 0.591. The lowest BCUT2D eigenvalue weighted by Crippen LogP contribution is -2.10. The molecule has 0 radical (unpaired) electrons. The molecular weight excluding hydrogens is 268 g/mol. The monoisotopic (exact) mass is 290 g/mol. The van der Waals surface area contributed by atoms with E-state index in [0.29, 0.717) is 13.2 Å². The van der Waals surface area contributed by atoms with Crippen LogP contribution in [0.3, 0.4) is 0 Å². The Hall–Kier alpha value is -2.01. The Kier molecular flexibility index (Phi) is 5.63. The van der Waals surface area contributed by atoms with Crippen LogP contribution in [0.1, 0.15) is 19.7 Å². The molecule has 5 nitrogen and oxygen atoms in total. The quantitative estimate of drug-likeness (QED) is 0.810. The predicted molar refractivity (Wildman–Crippen MR) is 81.9 cm³/mol. The first-order valence-electron chi connectivity index (χ1n) is 7.27. The van der Waals surface area contributed by atoms with Gasteiger partial charge in [0.15, 0.2) is 23.1 Å². The highest BCUT2D eigenvalue weighted by atomic mass is 16.5. The summed E-state index contributed by atoms with van der Waals surface area (Å²) in [6.07, 6.45) is 2.52. The molecule has 1 aromatic heterocycles. The summed E-state index contributed by atoms with van der Waals surface area (Å²) >= 11 is 0. The van der Waals surface area contributed by atoms with Crippen LogP contribution >= 0.6 is 0 Å². The second-order valence-corrected chi connectivity index (χ2v) is 4.50. The second kappa shape index (κ2) is 7.69. The summed E-state index contributed by atoms with van der Waals surface area (Å²) in [7, 11) is 1.91. The molecule has 0 aliphatic rings. The van der Waals surface area contributed by atoms with Crippen LogP contribution in [0.4, 0.5) is 0 Å². The number of oxazole rings is 1. The standard InChI is InChI=1S/C16H22N2O3/c1-4-19-13-7-6-12(10-14(13)20-5-2)15-11-18-16(21-15)8-9-17-3/h6-7,10-11,17H,4-5,8-9H2,1-3H3. The van der Waals surface area contributed by atoms with Crippen LogP contribution < -0.4 is 14.8 Å². The first kappa shape index (κ1) is 15.4. The van der Waals surface area contributed by atoms with E-state index in [4.69, 9.17) is 13.9 Å². The molecule has 0 saturated carbocycles. The summed E-state index contributed by atoms with van der Waals surface area (Å²) < 4.78 is 16.9. The Balaban J connectivity index is 2.22. The molecule has 5 heteroatoms. The van der Waals surface area contributed by atoms with Gasteiger partial charge in [0.05, 0.1) is 19.4 Å². The SMILES string of the molecule is CCOc1ccc(-c2cnc(CCNC)o2)cc1OCC. The zero-order valence-corrected chi connectivity index (χ0v) is 12.8. The van der Waals surface area contributed by atoms with Gasteiger partial charge in [-0.05, 0) is 39.1 Å². The van der Waals surface area contributed by atoms with Gasteiger partial charge in [0.1, 0.15) is 0 Å². The average Bonchev–Trinajstić information content (AvgIpc) is 2.96. The fourth-order valence-electron chi connectivity index (χ4n) is 2.00. The molecule has 2 aromatic rings. The van der Waals surface area contributed by atoms with Crippen molar-refractivity contribution in [2.24, 2.45) is 0 Å². The van der Waals surface area contributed by atoms with Crippen molar-refractivity contribution in [2.45, 2.75) is 20.3 Å². The molecule has 0 aliphatic heterocycles. The zero-order valence-electron chi connectivity index (χ0n) is 12.8. The molecule has 0 unspecified atom stereocenters. The number of ether oxygens (including phenoxy) is 2. The van der Waals surface area contributed by atoms with E-state index in [2.05, 4.69) is 10.3 Å². The molecule has 0 aliphatic carbocycles. The summed E-state index contributed by atoms with van der Waals surface area (Å²) in [5, 5.41) is 3.08. The van der Waals surface area contributed by atoms with Gasteiger partial charge in [-0.25, -0.2) is 4.98 Å². The lowest BCUT2D eigenvalue weighted by Gasteiger charge is -2.11. The smallest absolute Gasteiger partial charge is 0.196 e. The van der Waals surface area contributed by atoms with Crippen molar-refractivity contribution in [3.8, 4) is 22.8 Å². The van der Waals surface area contributed by atoms with Crippen molar-refractivity contribution < 1.29 is 13.9 Å². The van der Waals surface area contributed by atoms with Crippen LogP contribution in [-0.2, 0) is 6.42 Å². The van der Waals surface area contributed by atoms with Crippen LogP contribution in [0.5, 0.6) is 11.5 Å². The summed E-state index contributed by atoms with van der Waals surface area (Å²) in [5.41, 5.74) is 0.935. The molecule has 114 valence electrons. The number of benzene rings is 1. The van der Waals surface area contributed by atoms with Crippen LogP contribution in [0.15, 0.2) is 28.8 Å². The lowest BCUT2D eigenvalue weighted by molar-refractivity contribution is 0.288. The van der Waals surface area contributed by atoms with E-state index in [1.165, 1.54) is 0 Å². The maximum Gasteiger partial charge on any atom is 0.196 e. The van der Waals surface area contributed by atoms with E-state index >= 15 is 0 Å². The molecule has 0 bridgehead atoms. The van der Waals surface area contributed by atoms with Crippen LogP contribution in [0.25, 0.3) is 11.3 Å². The number of rotatable bonds is 8. The van der Waals surface area contributed by atoms with Crippen molar-refractivity contribution in [3.63, 3.8) is 0 Å². The summed E-state index contributed by atoms with van der Waals surface area (Å²) in [6.45, 7) is 5.94. The number of hydrogen-bond acceptors (Lipinski definition) is 5. The fourth-order valence-corrected chi connectivity index (χ4v) is 2.00. The van der Waals surface area contributed by atoms with E-state index in [1.54, 1.807) is 6.20 Å². The summed E-state index contributed by atoms with van der Waals surface area (Å²) in [4.78, 5) is 4.29. The van der Waals surface area contributed by atoms with Gasteiger partial charge in [-0.15, -0.1) is 0 Å². The van der Waals surface area contributed by atoms with Crippen LogP contribution in [0, 0.1) is 0 Å². The maximum absolute atomic E-state index is 5.76. The van der Waals surface area contributed by atoms with Crippen molar-refractivity contribution in [1.82, 2.24) is 10.3 Å². The van der Waals surface area contributed by atoms with Crippen molar-refractivity contribution in [2.75, 3.05) is 26.8 Å². The Bertz CT molecular complexity index is 566. The van der Waals surface area contributed by atoms with Crippen LogP contribution in [0.2, 0.25) is 0 Å². The van der Waals surface area contributed by atoms with E-state index in [1.807, 2.05) is 39.1 Å². The first-order chi connectivity index (χ1) is 10.3. The molecule has 0 amide bonds. The zero-order chi connectivity index (χ0) is 15.1. The van der Waals surface area contributed by atoms with E-state index in [9.17, 15) is 0 Å². The topological polar surface area (TPSA) is 56.5 Å². The third-order valence-corrected chi connectivity index (χ3v) is 2.97. The Morgan fingerprint density at radius 1 is 1.14 bits per heavy atom. The van der Waals surface area contributed by atoms with Gasteiger partial charge >= 0.3 is 0 Å². The second-order valence-electron chi connectivity index (χ2n) is 4.50. The van der Waals surface area contributed by atoms with E-state index in [-0.39, 0.29) is 0 Å². The van der Waals surface area contributed by atoms with Gasteiger partial charge in [0.25, 0.3) is 0 Å². The normalized spacial score (nSPS) is 10.6. The highest BCUT2D eigenvalue weighted by Crippen LogP contribution is 2.33. The largest absolute Gasteiger partial charge is 0.490 e. The molecule has 1 heterocycles. The number of aromatic nitrogens is 1. The highest BCUT2D eigenvalue weighted by molar-refractivity contribution is 5.62. The molecule has 0 fully saturated rings. The molecule has 2 rings (SSSR count). The lowest BCUT2D eigenvalue weighted by atomic mass is 10.1. The van der Waals surface area contributed by atoms with Crippen molar-refractivity contribution in [3.05, 3.63) is 30.3 Å². The minimum Gasteiger partial charge on any atom is -0.490 e. The fraction of sp³-hybridized carbons (Fsp3) is 0.438. The van der Waals surface area contributed by atoms with Gasteiger partial charge in [-0.3, -0.25) is 0 Å². The summed E-state index contributed by atoms with van der Waals surface area (Å²) in [5.74, 6) is 2.94. The molecule has 21 heavy (non-hydrogen) atoms. The summed E-state index contributed by atoms with van der Waals surface area (Å²) in [6, 6.07) is 5.78. The molecular formula is C16H22N2O3. The van der Waals surface area contributed by atoms with Gasteiger partial charge in [-0.1, -0.05) is 0 Å². The Morgan fingerprint density at radius 3 is 2.62 bits per heavy atom. The third kappa shape index (κ3) is 3.98. The maximum atomic E-state index is 5.76. The number of hydrogen-bond donors (Lipinski definition) is 1. The van der Waals surface area contributed by atoms with Gasteiger partial charge < -0.3 is 19.2 Å². The van der Waals surface area contributed by atoms with Crippen molar-refractivity contribution in [1.29, 1.82) is 0 Å². The molecule has 0 saturated heterocycles. The van der Waals surface area contributed by atoms with Crippen LogP contribution in [-0.4, -0.2) is 31.8 Å². The van der Waals surface area contributed by atoms with Gasteiger partial charge in [-0.2, -0.15) is 0 Å². The Labute approximate surface area is 125 Å². The van der Waals surface area contributed by atoms with Gasteiger partial charge in [0, 0.05) is 18.5 Å². The highest BCUT2D eigenvalue weighted by Gasteiger charge is 2.11. The predicted octanol–water partition coefficient (Wildman–Crippen LogP) is 2.90. The molecule has 0 spiro atoms. The number of nitrogens with zero attached hydrogens (tertiary/aromatic N) is 1. The Morgan fingerprint density at radius 2 is 1.90 bits per heavy atom. The molecule has 0 atom stereocenters.